The van der Waals surface area contributed by atoms with Gasteiger partial charge in [0.05, 0.1) is 11.4 Å². The first-order valence-corrected chi connectivity index (χ1v) is 10.1. The van der Waals surface area contributed by atoms with Crippen LogP contribution < -0.4 is 0 Å². The Morgan fingerprint density at radius 2 is 1.96 bits per heavy atom. The maximum atomic E-state index is 5.94. The second-order valence-corrected chi connectivity index (χ2v) is 8.46. The molecule has 0 N–H and O–H groups in total. The average molecular weight is 418 g/mol. The van der Waals surface area contributed by atoms with Crippen molar-refractivity contribution < 1.29 is 0 Å². The fourth-order valence-electron chi connectivity index (χ4n) is 2.34. The highest BCUT2D eigenvalue weighted by molar-refractivity contribution is 8.00. The number of hydrogen-bond acceptors (Lipinski definition) is 7. The molecule has 0 aliphatic rings. The van der Waals surface area contributed by atoms with E-state index < -0.39 is 0 Å². The minimum absolute atomic E-state index is 0.640. The molecule has 9 heteroatoms. The fourth-order valence-corrected chi connectivity index (χ4v) is 4.55. The van der Waals surface area contributed by atoms with Crippen LogP contribution in [0.25, 0.3) is 16.9 Å². The maximum absolute atomic E-state index is 5.94. The summed E-state index contributed by atoms with van der Waals surface area (Å²) in [6, 6.07) is 13.6. The number of nitrogens with zero attached hydrogens (tertiary/aromatic N) is 5. The molecule has 4 aromatic rings. The van der Waals surface area contributed by atoms with E-state index in [0.29, 0.717) is 10.2 Å². The van der Waals surface area contributed by atoms with Crippen LogP contribution in [0.3, 0.4) is 0 Å². The molecule has 2 heterocycles. The molecule has 2 aromatic carbocycles. The highest BCUT2D eigenvalue weighted by Gasteiger charge is 2.15. The van der Waals surface area contributed by atoms with Gasteiger partial charge < -0.3 is 0 Å². The minimum atomic E-state index is 0.640. The summed E-state index contributed by atoms with van der Waals surface area (Å²) in [5, 5.41) is 15.4. The molecule has 0 atom stereocenters. The Labute approximate surface area is 168 Å². The first-order valence-electron chi connectivity index (χ1n) is 7.58. The van der Waals surface area contributed by atoms with Crippen molar-refractivity contribution in [2.24, 2.45) is 0 Å². The molecular formula is C17H12ClN5S3. The summed E-state index contributed by atoms with van der Waals surface area (Å²) in [6.45, 7) is 2.02. The molecule has 0 radical (unpaired) electrons. The second kappa shape index (κ2) is 7.40. The van der Waals surface area contributed by atoms with E-state index in [0.717, 1.165) is 31.7 Å². The smallest absolute Gasteiger partial charge is 0.221 e. The van der Waals surface area contributed by atoms with Crippen molar-refractivity contribution in [3.05, 3.63) is 58.4 Å². The van der Waals surface area contributed by atoms with Gasteiger partial charge in [0.25, 0.3) is 0 Å². The fraction of sp³-hybridized carbons (Fsp3) is 0.0588. The van der Waals surface area contributed by atoms with E-state index in [1.165, 1.54) is 11.8 Å². The molecule has 0 aliphatic heterocycles. The third kappa shape index (κ3) is 3.64. The Morgan fingerprint density at radius 1 is 1.15 bits per heavy atom. The molecule has 0 saturated carbocycles. The zero-order valence-electron chi connectivity index (χ0n) is 13.5. The van der Waals surface area contributed by atoms with Crippen molar-refractivity contribution in [1.29, 1.82) is 0 Å². The van der Waals surface area contributed by atoms with Gasteiger partial charge in [-0.05, 0) is 58.9 Å². The highest BCUT2D eigenvalue weighted by atomic mass is 35.5. The summed E-state index contributed by atoms with van der Waals surface area (Å²) in [4.78, 5) is 5.49. The van der Waals surface area contributed by atoms with Crippen LogP contribution in [-0.4, -0.2) is 25.2 Å². The van der Waals surface area contributed by atoms with Gasteiger partial charge >= 0.3 is 0 Å². The van der Waals surface area contributed by atoms with Crippen molar-refractivity contribution in [3.63, 3.8) is 0 Å². The number of benzene rings is 2. The van der Waals surface area contributed by atoms with Gasteiger partial charge in [-0.15, -0.1) is 29.1 Å². The summed E-state index contributed by atoms with van der Waals surface area (Å²) in [6.07, 6.45) is 0. The lowest BCUT2D eigenvalue weighted by atomic mass is 10.2. The van der Waals surface area contributed by atoms with Gasteiger partial charge in [-0.2, -0.15) is 4.68 Å². The van der Waals surface area contributed by atoms with Gasteiger partial charge in [0, 0.05) is 20.9 Å². The van der Waals surface area contributed by atoms with Crippen molar-refractivity contribution >= 4 is 47.3 Å². The van der Waals surface area contributed by atoms with E-state index in [-0.39, 0.29) is 0 Å². The molecular weight excluding hydrogens is 406 g/mol. The average Bonchev–Trinajstić information content (AvgIpc) is 3.26. The Balaban J connectivity index is 1.61. The highest BCUT2D eigenvalue weighted by Crippen LogP contribution is 2.33. The lowest BCUT2D eigenvalue weighted by molar-refractivity contribution is 0.744. The summed E-state index contributed by atoms with van der Waals surface area (Å²) < 4.78 is 2.54. The van der Waals surface area contributed by atoms with Crippen molar-refractivity contribution in [3.8, 4) is 16.9 Å². The number of halogens is 1. The molecule has 0 bridgehead atoms. The zero-order chi connectivity index (χ0) is 18.1. The number of hydrogen-bond donors (Lipinski definition) is 1. The van der Waals surface area contributed by atoms with Gasteiger partial charge in [-0.3, -0.25) is 0 Å². The van der Waals surface area contributed by atoms with Crippen LogP contribution in [0, 0.1) is 6.92 Å². The van der Waals surface area contributed by atoms with E-state index in [2.05, 4.69) is 33.1 Å². The Kier molecular flexibility index (Phi) is 4.99. The summed E-state index contributed by atoms with van der Waals surface area (Å²) in [5.74, 6) is 0. The molecule has 0 spiro atoms. The van der Waals surface area contributed by atoms with E-state index >= 15 is 0 Å². The lowest BCUT2D eigenvalue weighted by Crippen LogP contribution is -2.00. The molecule has 0 aliphatic carbocycles. The first-order chi connectivity index (χ1) is 12.6. The molecule has 4 rings (SSSR count). The Bertz CT molecular complexity index is 1060. The molecule has 26 heavy (non-hydrogen) atoms. The topological polar surface area (TPSA) is 56.5 Å². The van der Waals surface area contributed by atoms with E-state index in [9.17, 15) is 0 Å². The zero-order valence-corrected chi connectivity index (χ0v) is 16.8. The van der Waals surface area contributed by atoms with Crippen LogP contribution in [0.4, 0.5) is 0 Å². The van der Waals surface area contributed by atoms with E-state index in [1.807, 2.05) is 54.8 Å². The molecule has 5 nitrogen and oxygen atoms in total. The molecule has 0 amide bonds. The van der Waals surface area contributed by atoms with Crippen LogP contribution in [0.5, 0.6) is 0 Å². The van der Waals surface area contributed by atoms with Gasteiger partial charge in [0.1, 0.15) is 0 Å². The number of aromatic nitrogens is 5. The summed E-state index contributed by atoms with van der Waals surface area (Å²) in [5.41, 5.74) is 3.89. The van der Waals surface area contributed by atoms with Crippen molar-refractivity contribution in [2.75, 3.05) is 0 Å². The van der Waals surface area contributed by atoms with Crippen LogP contribution >= 0.6 is 47.3 Å². The Hall–Kier alpha value is -1.87. The van der Waals surface area contributed by atoms with Crippen molar-refractivity contribution in [1.82, 2.24) is 25.2 Å². The number of tetrazole rings is 1. The number of thiazole rings is 1. The maximum Gasteiger partial charge on any atom is 0.221 e. The predicted molar refractivity (Wildman–Crippen MR) is 108 cm³/mol. The monoisotopic (exact) mass is 417 g/mol. The van der Waals surface area contributed by atoms with Crippen molar-refractivity contribution in [2.45, 2.75) is 21.3 Å². The molecule has 0 unspecified atom stereocenters. The quantitative estimate of drug-likeness (QED) is 0.463. The van der Waals surface area contributed by atoms with Crippen LogP contribution in [0.1, 0.15) is 5.56 Å². The summed E-state index contributed by atoms with van der Waals surface area (Å²) >= 11 is 13.5. The van der Waals surface area contributed by atoms with Gasteiger partial charge in [-0.25, -0.2) is 4.98 Å². The second-order valence-electron chi connectivity index (χ2n) is 5.47. The number of thiol groups is 1. The van der Waals surface area contributed by atoms with Gasteiger partial charge in [0.2, 0.25) is 5.16 Å². The third-order valence-corrected chi connectivity index (χ3v) is 6.09. The normalized spacial score (nSPS) is 11.0. The minimum Gasteiger partial charge on any atom is -0.229 e. The molecule has 0 fully saturated rings. The van der Waals surface area contributed by atoms with Crippen LogP contribution in [0.15, 0.2) is 62.2 Å². The molecule has 2 aromatic heterocycles. The Morgan fingerprint density at radius 3 is 2.73 bits per heavy atom. The van der Waals surface area contributed by atoms with Crippen LogP contribution in [0.2, 0.25) is 5.02 Å². The van der Waals surface area contributed by atoms with Gasteiger partial charge in [0.15, 0.2) is 4.34 Å². The van der Waals surface area contributed by atoms with E-state index in [1.54, 1.807) is 16.0 Å². The van der Waals surface area contributed by atoms with Gasteiger partial charge in [-0.1, -0.05) is 29.8 Å². The van der Waals surface area contributed by atoms with E-state index in [4.69, 9.17) is 11.6 Å². The molecule has 0 saturated heterocycles. The molecule has 130 valence electrons. The predicted octanol–water partition coefficient (Wildman–Crippen LogP) is 5.19. The summed E-state index contributed by atoms with van der Waals surface area (Å²) in [7, 11) is 0. The van der Waals surface area contributed by atoms with Crippen LogP contribution in [-0.2, 0) is 0 Å². The largest absolute Gasteiger partial charge is 0.229 e. The lowest BCUT2D eigenvalue weighted by Gasteiger charge is -2.06. The SMILES string of the molecule is Cc1ccc(-n2nnnc2Sc2nc(-c3ccc(Cl)cc3)cs2)c(S)c1. The number of rotatable bonds is 4. The standard InChI is InChI=1S/C17H12ClN5S3/c1-10-2-7-14(15(24)8-10)23-16(20-21-22-23)26-17-19-13(9-25-17)11-3-5-12(18)6-4-11/h2-9,24H,1H3. The number of aryl methyl sites for hydroxylation is 1. The first kappa shape index (κ1) is 17.5. The third-order valence-electron chi connectivity index (χ3n) is 3.60.